The molecule has 1 aliphatic heterocycles. The standard InChI is InChI=1S/C16H16F3NO2/c1-3-15(21)20-9-11(10-20)4-5-12-6-7-13(16(17,18)19)8-14(12)22-2/h3-8,11H,1,9-10H2,2H3. The van der Waals surface area contributed by atoms with Crippen LogP contribution in [0.25, 0.3) is 6.08 Å². The van der Waals surface area contributed by atoms with E-state index >= 15 is 0 Å². The Kier molecular flexibility index (Phi) is 4.59. The highest BCUT2D eigenvalue weighted by atomic mass is 19.4. The fraction of sp³-hybridized carbons (Fsp3) is 0.312. The third-order valence-corrected chi connectivity index (χ3v) is 3.50. The van der Waals surface area contributed by atoms with Crippen molar-refractivity contribution in [2.45, 2.75) is 6.18 Å². The quantitative estimate of drug-likeness (QED) is 0.798. The number of methoxy groups -OCH3 is 1. The number of carbonyl (C=O) groups is 1. The summed E-state index contributed by atoms with van der Waals surface area (Å²) in [6, 6.07) is 3.38. The van der Waals surface area contributed by atoms with Crippen molar-refractivity contribution in [2.75, 3.05) is 20.2 Å². The monoisotopic (exact) mass is 311 g/mol. The molecule has 1 fully saturated rings. The fourth-order valence-corrected chi connectivity index (χ4v) is 2.21. The van der Waals surface area contributed by atoms with E-state index in [9.17, 15) is 18.0 Å². The van der Waals surface area contributed by atoms with E-state index in [1.165, 1.54) is 19.3 Å². The average Bonchev–Trinajstić information content (AvgIpc) is 2.44. The molecule has 0 bridgehead atoms. The maximum Gasteiger partial charge on any atom is 0.416 e. The number of hydrogen-bond acceptors (Lipinski definition) is 2. The summed E-state index contributed by atoms with van der Waals surface area (Å²) in [5.41, 5.74) is -0.170. The minimum Gasteiger partial charge on any atom is -0.496 e. The van der Waals surface area contributed by atoms with Crippen molar-refractivity contribution in [1.82, 2.24) is 4.90 Å². The first-order chi connectivity index (χ1) is 10.3. The van der Waals surface area contributed by atoms with Gasteiger partial charge in [-0.25, -0.2) is 0 Å². The van der Waals surface area contributed by atoms with Crippen LogP contribution in [0, 0.1) is 5.92 Å². The maximum atomic E-state index is 12.6. The molecule has 0 unspecified atom stereocenters. The Morgan fingerprint density at radius 3 is 2.64 bits per heavy atom. The van der Waals surface area contributed by atoms with Crippen LogP contribution in [-0.2, 0) is 11.0 Å². The van der Waals surface area contributed by atoms with Crippen molar-refractivity contribution in [2.24, 2.45) is 5.92 Å². The molecule has 0 radical (unpaired) electrons. The third kappa shape index (κ3) is 3.50. The van der Waals surface area contributed by atoms with E-state index in [2.05, 4.69) is 6.58 Å². The van der Waals surface area contributed by atoms with Gasteiger partial charge in [-0.1, -0.05) is 24.8 Å². The number of hydrogen-bond donors (Lipinski definition) is 0. The lowest BCUT2D eigenvalue weighted by Crippen LogP contribution is -2.48. The Morgan fingerprint density at radius 2 is 2.09 bits per heavy atom. The Hall–Kier alpha value is -2.24. The molecule has 6 heteroatoms. The molecule has 0 N–H and O–H groups in total. The average molecular weight is 311 g/mol. The third-order valence-electron chi connectivity index (χ3n) is 3.50. The first-order valence-electron chi connectivity index (χ1n) is 6.70. The molecule has 3 nitrogen and oxygen atoms in total. The molecule has 0 aliphatic carbocycles. The van der Waals surface area contributed by atoms with Crippen LogP contribution in [0.4, 0.5) is 13.2 Å². The second kappa shape index (κ2) is 6.25. The molecule has 0 spiro atoms. The van der Waals surface area contributed by atoms with Crippen LogP contribution in [0.15, 0.2) is 36.9 Å². The predicted octanol–water partition coefficient (Wildman–Crippen LogP) is 3.37. The summed E-state index contributed by atoms with van der Waals surface area (Å²) in [4.78, 5) is 12.9. The summed E-state index contributed by atoms with van der Waals surface area (Å²) >= 11 is 0. The molecular formula is C16H16F3NO2. The number of rotatable bonds is 4. The van der Waals surface area contributed by atoms with Crippen LogP contribution in [0.2, 0.25) is 0 Å². The van der Waals surface area contributed by atoms with Crippen LogP contribution in [0.5, 0.6) is 5.75 Å². The summed E-state index contributed by atoms with van der Waals surface area (Å²) in [7, 11) is 1.33. The number of amides is 1. The van der Waals surface area contributed by atoms with Gasteiger partial charge in [0.05, 0.1) is 12.7 Å². The normalized spacial score (nSPS) is 15.7. The second-order valence-corrected chi connectivity index (χ2v) is 5.02. The first-order valence-corrected chi connectivity index (χ1v) is 6.70. The van der Waals surface area contributed by atoms with Crippen LogP contribution in [0.1, 0.15) is 11.1 Å². The van der Waals surface area contributed by atoms with Gasteiger partial charge in [0.25, 0.3) is 0 Å². The van der Waals surface area contributed by atoms with Gasteiger partial charge in [0, 0.05) is 24.6 Å². The molecule has 2 rings (SSSR count). The minimum atomic E-state index is -4.39. The summed E-state index contributed by atoms with van der Waals surface area (Å²) in [6.45, 7) is 4.59. The number of nitrogens with zero attached hydrogens (tertiary/aromatic N) is 1. The number of alkyl halides is 3. The van der Waals surface area contributed by atoms with Crippen molar-refractivity contribution in [3.63, 3.8) is 0 Å². The van der Waals surface area contributed by atoms with Gasteiger partial charge < -0.3 is 9.64 Å². The van der Waals surface area contributed by atoms with E-state index in [1.807, 2.05) is 6.08 Å². The van der Waals surface area contributed by atoms with E-state index in [-0.39, 0.29) is 17.6 Å². The summed E-state index contributed by atoms with van der Waals surface area (Å²) < 4.78 is 43.0. The largest absolute Gasteiger partial charge is 0.496 e. The van der Waals surface area contributed by atoms with Crippen LogP contribution < -0.4 is 4.74 Å². The van der Waals surface area contributed by atoms with Crippen molar-refractivity contribution in [1.29, 1.82) is 0 Å². The topological polar surface area (TPSA) is 29.5 Å². The van der Waals surface area contributed by atoms with Gasteiger partial charge in [0.1, 0.15) is 5.75 Å². The van der Waals surface area contributed by atoms with E-state index < -0.39 is 11.7 Å². The summed E-state index contributed by atoms with van der Waals surface area (Å²) in [6.07, 6.45) is 0.464. The van der Waals surface area contributed by atoms with Gasteiger partial charge >= 0.3 is 6.18 Å². The molecule has 1 aromatic rings. The van der Waals surface area contributed by atoms with E-state index in [4.69, 9.17) is 4.74 Å². The number of benzene rings is 1. The molecule has 0 aromatic heterocycles. The Morgan fingerprint density at radius 1 is 1.41 bits per heavy atom. The lowest BCUT2D eigenvalue weighted by atomic mass is 9.98. The maximum absolute atomic E-state index is 12.6. The zero-order chi connectivity index (χ0) is 16.3. The van der Waals surface area contributed by atoms with Gasteiger partial charge in [-0.2, -0.15) is 13.2 Å². The van der Waals surface area contributed by atoms with E-state index in [0.29, 0.717) is 18.7 Å². The van der Waals surface area contributed by atoms with Gasteiger partial charge in [0.2, 0.25) is 5.91 Å². The Bertz CT molecular complexity index is 602. The molecule has 1 aromatic carbocycles. The van der Waals surface area contributed by atoms with Gasteiger partial charge in [-0.15, -0.1) is 0 Å². The van der Waals surface area contributed by atoms with E-state index in [0.717, 1.165) is 12.1 Å². The van der Waals surface area contributed by atoms with Crippen molar-refractivity contribution < 1.29 is 22.7 Å². The first kappa shape index (κ1) is 16.1. The number of ether oxygens (including phenoxy) is 1. The lowest BCUT2D eigenvalue weighted by Gasteiger charge is -2.37. The van der Waals surface area contributed by atoms with Gasteiger partial charge in [-0.05, 0) is 18.2 Å². The Balaban J connectivity index is 2.06. The predicted molar refractivity (Wildman–Crippen MR) is 77.3 cm³/mol. The molecular weight excluding hydrogens is 295 g/mol. The number of carbonyl (C=O) groups excluding carboxylic acids is 1. The van der Waals surface area contributed by atoms with Gasteiger partial charge in [0.15, 0.2) is 0 Å². The molecule has 1 aliphatic rings. The molecule has 0 atom stereocenters. The van der Waals surface area contributed by atoms with Gasteiger partial charge in [-0.3, -0.25) is 4.79 Å². The summed E-state index contributed by atoms with van der Waals surface area (Å²) in [5.74, 6) is 0.247. The smallest absolute Gasteiger partial charge is 0.416 e. The van der Waals surface area contributed by atoms with Crippen molar-refractivity contribution in [3.8, 4) is 5.75 Å². The van der Waals surface area contributed by atoms with Crippen LogP contribution in [-0.4, -0.2) is 31.0 Å². The number of halogens is 3. The van der Waals surface area contributed by atoms with Crippen LogP contribution in [0.3, 0.4) is 0 Å². The van der Waals surface area contributed by atoms with Crippen molar-refractivity contribution in [3.05, 3.63) is 48.1 Å². The molecule has 1 heterocycles. The Labute approximate surface area is 126 Å². The SMILES string of the molecule is C=CC(=O)N1CC(C=Cc2ccc(C(F)(F)F)cc2OC)C1. The zero-order valence-corrected chi connectivity index (χ0v) is 12.1. The molecule has 1 saturated heterocycles. The highest BCUT2D eigenvalue weighted by molar-refractivity contribution is 5.87. The molecule has 118 valence electrons. The zero-order valence-electron chi connectivity index (χ0n) is 12.1. The van der Waals surface area contributed by atoms with Crippen LogP contribution >= 0.6 is 0 Å². The summed E-state index contributed by atoms with van der Waals surface area (Å²) in [5, 5.41) is 0. The highest BCUT2D eigenvalue weighted by Crippen LogP contribution is 2.33. The minimum absolute atomic E-state index is 0.114. The fourth-order valence-electron chi connectivity index (χ4n) is 2.21. The molecule has 1 amide bonds. The second-order valence-electron chi connectivity index (χ2n) is 5.02. The lowest BCUT2D eigenvalue weighted by molar-refractivity contribution is -0.137. The molecule has 0 saturated carbocycles. The molecule has 22 heavy (non-hydrogen) atoms. The number of likely N-dealkylation sites (tertiary alicyclic amines) is 1. The highest BCUT2D eigenvalue weighted by Gasteiger charge is 2.31. The van der Waals surface area contributed by atoms with Crippen molar-refractivity contribution >= 4 is 12.0 Å². The van der Waals surface area contributed by atoms with E-state index in [1.54, 1.807) is 11.0 Å².